The van der Waals surface area contributed by atoms with E-state index in [1.165, 1.54) is 0 Å². The number of nitrogens with zero attached hydrogens (tertiary/aromatic N) is 3. The fraction of sp³-hybridized carbons (Fsp3) is 0.600. The molecule has 0 saturated carbocycles. The number of halogens is 4. The van der Waals surface area contributed by atoms with Crippen LogP contribution in [0.15, 0.2) is 17.1 Å². The molecule has 1 unspecified atom stereocenters. The molecule has 5 rings (SSSR count). The number of benzene rings is 1. The fourth-order valence-corrected chi connectivity index (χ4v) is 5.85. The lowest BCUT2D eigenvalue weighted by atomic mass is 9.96. The molecule has 0 aliphatic carbocycles. The van der Waals surface area contributed by atoms with Crippen molar-refractivity contribution in [3.8, 4) is 11.8 Å². The van der Waals surface area contributed by atoms with E-state index in [4.69, 9.17) is 30.8 Å². The highest BCUT2D eigenvalue weighted by molar-refractivity contribution is 9.10. The molecule has 3 aliphatic heterocycles. The smallest absolute Gasteiger partial charge is 0.319 e. The molecule has 196 valence electrons. The Balaban J connectivity index is 1.57. The zero-order valence-electron chi connectivity index (χ0n) is 20.0. The van der Waals surface area contributed by atoms with Gasteiger partial charge in [-0.25, -0.2) is 8.78 Å². The highest BCUT2D eigenvalue weighted by Crippen LogP contribution is 2.47. The monoisotopic (exact) mass is 586 g/mol. The van der Waals surface area contributed by atoms with Crippen LogP contribution in [0.25, 0.3) is 10.9 Å². The molecule has 1 aromatic carbocycles. The van der Waals surface area contributed by atoms with Crippen molar-refractivity contribution in [3.63, 3.8) is 0 Å². The van der Waals surface area contributed by atoms with Gasteiger partial charge in [-0.3, -0.25) is 0 Å². The first kappa shape index (κ1) is 25.9. The summed E-state index contributed by atoms with van der Waals surface area (Å²) in [5, 5.41) is 3.63. The van der Waals surface area contributed by atoms with Crippen LogP contribution in [-0.2, 0) is 4.74 Å². The van der Waals surface area contributed by atoms with Crippen molar-refractivity contribution in [2.75, 3.05) is 44.4 Å². The van der Waals surface area contributed by atoms with E-state index in [9.17, 15) is 4.39 Å². The van der Waals surface area contributed by atoms with Gasteiger partial charge in [0, 0.05) is 13.2 Å². The molecule has 0 spiro atoms. The first-order valence-electron chi connectivity index (χ1n) is 12.4. The normalized spacial score (nSPS) is 27.1. The summed E-state index contributed by atoms with van der Waals surface area (Å²) < 4.78 is 47.7. The molecule has 0 amide bonds. The molecule has 36 heavy (non-hydrogen) atoms. The number of aromatic nitrogens is 2. The van der Waals surface area contributed by atoms with E-state index in [0.717, 1.165) is 32.2 Å². The molecule has 4 atom stereocenters. The van der Waals surface area contributed by atoms with Gasteiger partial charge >= 0.3 is 6.01 Å². The zero-order valence-corrected chi connectivity index (χ0v) is 22.3. The Hall–Kier alpha value is -1.75. The van der Waals surface area contributed by atoms with Crippen molar-refractivity contribution in [2.24, 2.45) is 5.92 Å². The minimum atomic E-state index is -0.938. The summed E-state index contributed by atoms with van der Waals surface area (Å²) in [6.07, 6.45) is 4.78. The van der Waals surface area contributed by atoms with Crippen LogP contribution in [-0.4, -0.2) is 67.7 Å². The second-order valence-electron chi connectivity index (χ2n) is 9.57. The summed E-state index contributed by atoms with van der Waals surface area (Å²) in [7, 11) is 0. The molecule has 0 bridgehead atoms. The first-order valence-corrected chi connectivity index (χ1v) is 13.6. The lowest BCUT2D eigenvalue weighted by Crippen LogP contribution is -2.48. The molecule has 11 heteroatoms. The number of alkyl halides is 1. The summed E-state index contributed by atoms with van der Waals surface area (Å²) in [6.45, 7) is 6.83. The van der Waals surface area contributed by atoms with Gasteiger partial charge in [0.1, 0.15) is 29.1 Å². The quantitative estimate of drug-likeness (QED) is 0.380. The van der Waals surface area contributed by atoms with Gasteiger partial charge in [-0.2, -0.15) is 9.97 Å². The Bertz CT molecular complexity index is 1120. The van der Waals surface area contributed by atoms with Crippen molar-refractivity contribution in [1.29, 1.82) is 0 Å². The molecule has 1 aromatic heterocycles. The summed E-state index contributed by atoms with van der Waals surface area (Å²) >= 11 is 9.77. The van der Waals surface area contributed by atoms with Gasteiger partial charge in [0.25, 0.3) is 0 Å². The molecule has 2 saturated heterocycles. The Morgan fingerprint density at radius 2 is 2.14 bits per heavy atom. The number of nitrogens with one attached hydrogen (secondary N) is 1. The van der Waals surface area contributed by atoms with Gasteiger partial charge in [0.15, 0.2) is 11.6 Å². The van der Waals surface area contributed by atoms with Crippen molar-refractivity contribution < 1.29 is 23.0 Å². The fourth-order valence-electron chi connectivity index (χ4n) is 5.25. The third-order valence-corrected chi connectivity index (χ3v) is 8.39. The van der Waals surface area contributed by atoms with Crippen LogP contribution in [0.4, 0.5) is 14.6 Å². The van der Waals surface area contributed by atoms with Crippen molar-refractivity contribution >= 4 is 44.3 Å². The summed E-state index contributed by atoms with van der Waals surface area (Å²) in [5.41, 5.74) is 0.0537. The van der Waals surface area contributed by atoms with Gasteiger partial charge in [0.05, 0.1) is 35.2 Å². The third kappa shape index (κ3) is 5.14. The van der Waals surface area contributed by atoms with E-state index in [1.807, 2.05) is 0 Å². The van der Waals surface area contributed by atoms with E-state index in [0.29, 0.717) is 43.1 Å². The van der Waals surface area contributed by atoms with Crippen LogP contribution in [0.3, 0.4) is 0 Å². The van der Waals surface area contributed by atoms with Crippen molar-refractivity contribution in [3.05, 3.63) is 28.0 Å². The Morgan fingerprint density at radius 1 is 1.28 bits per heavy atom. The second-order valence-corrected chi connectivity index (χ2v) is 10.7. The molecule has 4 heterocycles. The molecule has 2 aromatic rings. The zero-order chi connectivity index (χ0) is 25.2. The summed E-state index contributed by atoms with van der Waals surface area (Å²) in [5.74, 6) is 0.195. The van der Waals surface area contributed by atoms with Crippen LogP contribution >= 0.6 is 27.5 Å². The molecular weight excluding hydrogens is 558 g/mol. The van der Waals surface area contributed by atoms with Crippen molar-refractivity contribution in [1.82, 2.24) is 15.3 Å². The number of anilines is 1. The maximum absolute atomic E-state index is 15.5. The van der Waals surface area contributed by atoms with E-state index < -0.39 is 12.0 Å². The molecule has 0 radical (unpaired) electrons. The average Bonchev–Trinajstić information content (AvgIpc) is 3.04. The summed E-state index contributed by atoms with van der Waals surface area (Å²) in [4.78, 5) is 11.3. The lowest BCUT2D eigenvalue weighted by Gasteiger charge is -2.38. The molecular formula is C25H30BrClF2N4O3. The lowest BCUT2D eigenvalue weighted by molar-refractivity contribution is 0.0764. The van der Waals surface area contributed by atoms with Gasteiger partial charge < -0.3 is 24.4 Å². The third-order valence-electron chi connectivity index (χ3n) is 7.06. The van der Waals surface area contributed by atoms with Gasteiger partial charge in [0.2, 0.25) is 0 Å². The van der Waals surface area contributed by atoms with Gasteiger partial charge in [-0.05, 0) is 60.5 Å². The molecule has 1 N–H and O–H groups in total. The minimum Gasteiger partial charge on any atom is -0.489 e. The van der Waals surface area contributed by atoms with Gasteiger partial charge in [-0.15, -0.1) is 6.58 Å². The van der Waals surface area contributed by atoms with Crippen LogP contribution in [0, 0.1) is 11.7 Å². The average molecular weight is 588 g/mol. The largest absolute Gasteiger partial charge is 0.489 e. The van der Waals surface area contributed by atoms with Crippen LogP contribution in [0.1, 0.15) is 32.1 Å². The molecule has 3 aliphatic rings. The maximum atomic E-state index is 15.5. The van der Waals surface area contributed by atoms with Gasteiger partial charge in [-0.1, -0.05) is 17.7 Å². The van der Waals surface area contributed by atoms with Crippen LogP contribution in [0.2, 0.25) is 5.02 Å². The first-order chi connectivity index (χ1) is 17.5. The van der Waals surface area contributed by atoms with E-state index >= 15 is 4.39 Å². The van der Waals surface area contributed by atoms with Crippen LogP contribution in [0.5, 0.6) is 11.8 Å². The van der Waals surface area contributed by atoms with Crippen molar-refractivity contribution in [2.45, 2.75) is 50.4 Å². The van der Waals surface area contributed by atoms with E-state index in [2.05, 4.69) is 37.7 Å². The standard InChI is InChI=1S/C25H30BrClF2N4O3/c1-2-16-13-35-23-18-22(21(29)19(26)20(23)27)31-25(32-24(18)33(16)17-6-4-8-34-12-17)36-11-14-5-3-7-30-10-15(28)9-14/h2,14-17,30H,1,3-13H2/t14-,15-,16+,17?/m1/s1. The predicted molar refractivity (Wildman–Crippen MR) is 139 cm³/mol. The Labute approximate surface area is 222 Å². The number of rotatable bonds is 5. The van der Waals surface area contributed by atoms with E-state index in [1.54, 1.807) is 6.08 Å². The highest BCUT2D eigenvalue weighted by atomic mass is 79.9. The molecule has 7 nitrogen and oxygen atoms in total. The number of ether oxygens (including phenoxy) is 3. The summed E-state index contributed by atoms with van der Waals surface area (Å²) in [6, 6.07) is -0.227. The topological polar surface area (TPSA) is 68.7 Å². The Morgan fingerprint density at radius 3 is 2.92 bits per heavy atom. The number of hydrogen-bond acceptors (Lipinski definition) is 7. The highest BCUT2D eigenvalue weighted by Gasteiger charge is 2.36. The molecule has 2 fully saturated rings. The second kappa shape index (κ2) is 11.3. The van der Waals surface area contributed by atoms with E-state index in [-0.39, 0.29) is 52.2 Å². The predicted octanol–water partition coefficient (Wildman–Crippen LogP) is 5.22. The maximum Gasteiger partial charge on any atom is 0.319 e. The SMILES string of the molecule is C=C[C@H]1COc2c(Cl)c(Br)c(F)c3nc(OC[C@@H]4CCCNC[C@H](F)C4)nc(c23)N1C1CCCOC1. The van der Waals surface area contributed by atoms with Crippen LogP contribution < -0.4 is 19.7 Å². The minimum absolute atomic E-state index is 0.0156. The Kier molecular flexibility index (Phi) is 8.14. The number of hydrogen-bond donors (Lipinski definition) is 1.